The van der Waals surface area contributed by atoms with Crippen molar-refractivity contribution in [2.45, 2.75) is 45.8 Å². The largest absolute Gasteiger partial charge is 0.368 e. The second-order valence-electron chi connectivity index (χ2n) is 7.55. The van der Waals surface area contributed by atoms with Crippen LogP contribution in [0.1, 0.15) is 37.8 Å². The van der Waals surface area contributed by atoms with Gasteiger partial charge in [-0.3, -0.25) is 4.90 Å². The molecule has 6 nitrogen and oxygen atoms in total. The van der Waals surface area contributed by atoms with Gasteiger partial charge in [-0.1, -0.05) is 38.1 Å². The Morgan fingerprint density at radius 2 is 1.52 bits per heavy atom. The van der Waals surface area contributed by atoms with E-state index in [0.717, 1.165) is 43.3 Å². The van der Waals surface area contributed by atoms with E-state index in [1.54, 1.807) is 0 Å². The number of rotatable bonds is 5. The van der Waals surface area contributed by atoms with Gasteiger partial charge < -0.3 is 16.0 Å². The number of aryl methyl sites for hydroxylation is 2. The minimum atomic E-state index is -0.344. The fourth-order valence-corrected chi connectivity index (χ4v) is 3.85. The smallest absolute Gasteiger partial charge is 0.222 e. The van der Waals surface area contributed by atoms with Gasteiger partial charge in [0.15, 0.2) is 0 Å². The Balaban J connectivity index is 1.68. The second-order valence-corrected chi connectivity index (χ2v) is 7.55. The summed E-state index contributed by atoms with van der Waals surface area (Å²) >= 11 is 0. The number of nitrogens with zero attached hydrogens (tertiary/aromatic N) is 4. The lowest BCUT2D eigenvalue weighted by Gasteiger charge is -2.38. The average molecular weight is 391 g/mol. The highest BCUT2D eigenvalue weighted by Crippen LogP contribution is 2.26. The van der Waals surface area contributed by atoms with Crippen LogP contribution in [-0.4, -0.2) is 36.2 Å². The van der Waals surface area contributed by atoms with Crippen molar-refractivity contribution in [1.82, 2.24) is 4.90 Å². The summed E-state index contributed by atoms with van der Waals surface area (Å²) in [6, 6.07) is 17.1. The summed E-state index contributed by atoms with van der Waals surface area (Å²) in [6.45, 7) is 6.32. The van der Waals surface area contributed by atoms with E-state index in [4.69, 9.17) is 5.73 Å². The van der Waals surface area contributed by atoms with Gasteiger partial charge in [-0.2, -0.15) is 4.99 Å². The molecular formula is C23H30N6. The molecule has 2 heterocycles. The molecule has 1 fully saturated rings. The van der Waals surface area contributed by atoms with Crippen LogP contribution in [0.25, 0.3) is 0 Å². The van der Waals surface area contributed by atoms with Crippen LogP contribution in [-0.2, 0) is 12.8 Å². The molecule has 2 aromatic rings. The maximum atomic E-state index is 6.14. The molecule has 0 radical (unpaired) electrons. The minimum absolute atomic E-state index is 0.316. The molecule has 4 rings (SSSR count). The Bertz CT molecular complexity index is 879. The molecule has 29 heavy (non-hydrogen) atoms. The summed E-state index contributed by atoms with van der Waals surface area (Å²) in [7, 11) is 0. The SMILES string of the molecule is CCc1ccc(NC2N=C(N)N=C(N3CCCC3)N2c2ccc(CC)cc2)cc1. The molecule has 0 aliphatic carbocycles. The van der Waals surface area contributed by atoms with E-state index in [-0.39, 0.29) is 6.29 Å². The van der Waals surface area contributed by atoms with Crippen molar-refractivity contribution in [1.29, 1.82) is 0 Å². The van der Waals surface area contributed by atoms with Crippen molar-refractivity contribution >= 4 is 23.3 Å². The number of hydrogen-bond donors (Lipinski definition) is 2. The van der Waals surface area contributed by atoms with E-state index in [1.165, 1.54) is 24.0 Å². The van der Waals surface area contributed by atoms with Crippen molar-refractivity contribution in [3.05, 3.63) is 59.7 Å². The topological polar surface area (TPSA) is 69.2 Å². The van der Waals surface area contributed by atoms with Crippen molar-refractivity contribution in [2.24, 2.45) is 15.7 Å². The standard InChI is InChI=1S/C23H30N6/c1-3-17-7-11-19(12-8-17)25-22-26-21(24)27-23(28-15-5-6-16-28)29(22)20-13-9-18(4-2)10-14-20/h7-14,22,25H,3-6,15-16H2,1-2H3,(H2,24,26). The van der Waals surface area contributed by atoms with E-state index < -0.39 is 0 Å². The molecule has 0 spiro atoms. The molecule has 2 aromatic carbocycles. The summed E-state index contributed by atoms with van der Waals surface area (Å²) in [6.07, 6.45) is 4.05. The van der Waals surface area contributed by atoms with Gasteiger partial charge in [0.1, 0.15) is 0 Å². The highest BCUT2D eigenvalue weighted by Gasteiger charge is 2.32. The molecule has 0 amide bonds. The van der Waals surface area contributed by atoms with Crippen LogP contribution >= 0.6 is 0 Å². The summed E-state index contributed by atoms with van der Waals surface area (Å²) in [5.74, 6) is 1.19. The molecule has 1 atom stereocenters. The number of benzene rings is 2. The fraction of sp³-hybridized carbons (Fsp3) is 0.391. The molecule has 2 aliphatic rings. The minimum Gasteiger partial charge on any atom is -0.368 e. The summed E-state index contributed by atoms with van der Waals surface area (Å²) in [5, 5.41) is 3.54. The first-order chi connectivity index (χ1) is 14.2. The number of hydrogen-bond acceptors (Lipinski definition) is 6. The van der Waals surface area contributed by atoms with E-state index >= 15 is 0 Å². The Morgan fingerprint density at radius 1 is 0.931 bits per heavy atom. The van der Waals surface area contributed by atoms with E-state index in [2.05, 4.69) is 87.5 Å². The molecule has 3 N–H and O–H groups in total. The highest BCUT2D eigenvalue weighted by molar-refractivity contribution is 6.06. The molecule has 2 aliphatic heterocycles. The summed E-state index contributed by atoms with van der Waals surface area (Å²) < 4.78 is 0. The molecule has 0 bridgehead atoms. The average Bonchev–Trinajstić information content (AvgIpc) is 3.29. The molecule has 0 saturated carbocycles. The van der Waals surface area contributed by atoms with E-state index in [9.17, 15) is 0 Å². The van der Waals surface area contributed by atoms with Gasteiger partial charge in [0.05, 0.1) is 0 Å². The van der Waals surface area contributed by atoms with Gasteiger partial charge >= 0.3 is 0 Å². The van der Waals surface area contributed by atoms with Crippen LogP contribution in [0, 0.1) is 0 Å². The van der Waals surface area contributed by atoms with Crippen LogP contribution < -0.4 is 16.0 Å². The van der Waals surface area contributed by atoms with E-state index in [1.807, 2.05) is 0 Å². The fourth-order valence-electron chi connectivity index (χ4n) is 3.85. The lowest BCUT2D eigenvalue weighted by molar-refractivity contribution is 0.497. The molecule has 6 heteroatoms. The maximum Gasteiger partial charge on any atom is 0.222 e. The van der Waals surface area contributed by atoms with Gasteiger partial charge in [0.2, 0.25) is 18.2 Å². The second kappa shape index (κ2) is 8.55. The normalized spacial score (nSPS) is 19.2. The third-order valence-corrected chi connectivity index (χ3v) is 5.60. The Kier molecular flexibility index (Phi) is 5.69. The van der Waals surface area contributed by atoms with Crippen molar-refractivity contribution in [2.75, 3.05) is 23.3 Å². The maximum absolute atomic E-state index is 6.14. The zero-order valence-electron chi connectivity index (χ0n) is 17.3. The van der Waals surface area contributed by atoms with Crippen LogP contribution in [0.5, 0.6) is 0 Å². The molecule has 1 unspecified atom stereocenters. The number of nitrogens with one attached hydrogen (secondary N) is 1. The lowest BCUT2D eigenvalue weighted by atomic mass is 10.1. The van der Waals surface area contributed by atoms with Crippen molar-refractivity contribution in [3.63, 3.8) is 0 Å². The zero-order valence-corrected chi connectivity index (χ0v) is 17.3. The monoisotopic (exact) mass is 390 g/mol. The van der Waals surface area contributed by atoms with Crippen LogP contribution in [0.4, 0.5) is 11.4 Å². The molecular weight excluding hydrogens is 360 g/mol. The van der Waals surface area contributed by atoms with E-state index in [0.29, 0.717) is 5.96 Å². The van der Waals surface area contributed by atoms with Crippen LogP contribution in [0.2, 0.25) is 0 Å². The number of likely N-dealkylation sites (tertiary alicyclic amines) is 1. The van der Waals surface area contributed by atoms with Gasteiger partial charge in [-0.05, 0) is 61.1 Å². The van der Waals surface area contributed by atoms with Crippen LogP contribution in [0.15, 0.2) is 58.5 Å². The van der Waals surface area contributed by atoms with Crippen molar-refractivity contribution in [3.8, 4) is 0 Å². The first-order valence-electron chi connectivity index (χ1n) is 10.6. The summed E-state index contributed by atoms with van der Waals surface area (Å²) in [4.78, 5) is 13.7. The van der Waals surface area contributed by atoms with Gasteiger partial charge in [-0.25, -0.2) is 4.99 Å². The van der Waals surface area contributed by atoms with Gasteiger partial charge in [0.25, 0.3) is 0 Å². The molecule has 1 saturated heterocycles. The first kappa shape index (κ1) is 19.3. The number of aliphatic imine (C=N–C) groups is 2. The third kappa shape index (κ3) is 4.21. The van der Waals surface area contributed by atoms with Crippen LogP contribution in [0.3, 0.4) is 0 Å². The predicted molar refractivity (Wildman–Crippen MR) is 121 cm³/mol. The summed E-state index contributed by atoms with van der Waals surface area (Å²) in [5.41, 5.74) is 10.8. The third-order valence-electron chi connectivity index (χ3n) is 5.60. The predicted octanol–water partition coefficient (Wildman–Crippen LogP) is 3.79. The van der Waals surface area contributed by atoms with Gasteiger partial charge in [-0.15, -0.1) is 0 Å². The number of nitrogens with two attached hydrogens (primary N) is 1. The number of anilines is 2. The lowest BCUT2D eigenvalue weighted by Crippen LogP contribution is -2.54. The Labute approximate surface area is 173 Å². The number of guanidine groups is 2. The zero-order chi connectivity index (χ0) is 20.2. The molecule has 152 valence electrons. The highest BCUT2D eigenvalue weighted by atomic mass is 15.5. The van der Waals surface area contributed by atoms with Crippen molar-refractivity contribution < 1.29 is 0 Å². The Hall–Kier alpha value is -3.02. The molecule has 0 aromatic heterocycles. The first-order valence-corrected chi connectivity index (χ1v) is 10.6. The quantitative estimate of drug-likeness (QED) is 0.815. The van der Waals surface area contributed by atoms with Gasteiger partial charge in [0, 0.05) is 24.5 Å². The Morgan fingerprint density at radius 3 is 2.10 bits per heavy atom.